The Balaban J connectivity index is 1.67. The molecule has 0 aliphatic heterocycles. The molecule has 31 heavy (non-hydrogen) atoms. The maximum absolute atomic E-state index is 12.7. The number of anilines is 2. The first-order valence-electron chi connectivity index (χ1n) is 9.56. The number of amides is 2. The van der Waals surface area contributed by atoms with Crippen LogP contribution in [0.1, 0.15) is 31.8 Å². The summed E-state index contributed by atoms with van der Waals surface area (Å²) in [5.41, 5.74) is 2.87. The topological polar surface area (TPSA) is 108 Å². The lowest BCUT2D eigenvalue weighted by Crippen LogP contribution is -2.23. The van der Waals surface area contributed by atoms with E-state index in [9.17, 15) is 19.5 Å². The molecule has 0 unspecified atom stereocenters. The van der Waals surface area contributed by atoms with E-state index in [1.54, 1.807) is 24.3 Å². The number of hydrogen-bond acceptors (Lipinski definition) is 5. The summed E-state index contributed by atoms with van der Waals surface area (Å²) in [4.78, 5) is 35.9. The lowest BCUT2D eigenvalue weighted by atomic mass is 10.1. The lowest BCUT2D eigenvalue weighted by Gasteiger charge is -2.14. The first-order valence-corrected chi connectivity index (χ1v) is 9.56. The quantitative estimate of drug-likeness (QED) is 0.615. The lowest BCUT2D eigenvalue weighted by molar-refractivity contribution is -0.255. The number of carbonyl (C=O) groups excluding carboxylic acids is 3. The fourth-order valence-corrected chi connectivity index (χ4v) is 3.03. The molecule has 3 aromatic carbocycles. The van der Waals surface area contributed by atoms with E-state index < -0.39 is 17.8 Å². The molecule has 3 rings (SSSR count). The van der Waals surface area contributed by atoms with Crippen LogP contribution >= 0.6 is 0 Å². The van der Waals surface area contributed by atoms with Gasteiger partial charge >= 0.3 is 0 Å². The summed E-state index contributed by atoms with van der Waals surface area (Å²) in [6.45, 7) is 3.60. The largest absolute Gasteiger partial charge is 0.545 e. The predicted octanol–water partition coefficient (Wildman–Crippen LogP) is 2.94. The average Bonchev–Trinajstić information content (AvgIpc) is 2.74. The summed E-state index contributed by atoms with van der Waals surface area (Å²) in [6.07, 6.45) is 0. The molecule has 0 heterocycles. The van der Waals surface area contributed by atoms with Crippen molar-refractivity contribution in [3.8, 4) is 5.75 Å². The van der Waals surface area contributed by atoms with Crippen LogP contribution in [0, 0.1) is 13.8 Å². The Morgan fingerprint density at radius 3 is 2.13 bits per heavy atom. The van der Waals surface area contributed by atoms with Crippen LogP contribution in [0.25, 0.3) is 0 Å². The van der Waals surface area contributed by atoms with E-state index in [4.69, 9.17) is 4.74 Å². The van der Waals surface area contributed by atoms with E-state index in [2.05, 4.69) is 10.6 Å². The number of carboxylic acid groups (broad SMARTS) is 1. The van der Waals surface area contributed by atoms with Crippen LogP contribution < -0.4 is 20.5 Å². The molecular formula is C24H21N2O5-. The number of para-hydroxylation sites is 2. The molecule has 2 amide bonds. The first-order chi connectivity index (χ1) is 14.8. The second kappa shape index (κ2) is 9.58. The summed E-state index contributed by atoms with van der Waals surface area (Å²) >= 11 is 0. The Bertz CT molecular complexity index is 1100. The van der Waals surface area contributed by atoms with Gasteiger partial charge in [-0.2, -0.15) is 0 Å². The van der Waals surface area contributed by atoms with E-state index in [0.29, 0.717) is 17.1 Å². The van der Waals surface area contributed by atoms with Crippen molar-refractivity contribution in [2.45, 2.75) is 13.8 Å². The van der Waals surface area contributed by atoms with Crippen molar-refractivity contribution in [1.82, 2.24) is 0 Å². The van der Waals surface area contributed by atoms with Gasteiger partial charge in [0.05, 0.1) is 17.2 Å². The average molecular weight is 417 g/mol. The number of rotatable bonds is 7. The van der Waals surface area contributed by atoms with Crippen molar-refractivity contribution in [3.05, 3.63) is 89.0 Å². The van der Waals surface area contributed by atoms with Crippen LogP contribution in [0.3, 0.4) is 0 Å². The Labute approximate surface area is 179 Å². The molecule has 0 aliphatic rings. The highest BCUT2D eigenvalue weighted by atomic mass is 16.5. The third-order valence-corrected chi connectivity index (χ3v) is 4.58. The van der Waals surface area contributed by atoms with Gasteiger partial charge in [0.15, 0.2) is 6.61 Å². The van der Waals surface area contributed by atoms with Crippen molar-refractivity contribution in [3.63, 3.8) is 0 Å². The van der Waals surface area contributed by atoms with Gasteiger partial charge in [0.2, 0.25) is 0 Å². The minimum Gasteiger partial charge on any atom is -0.545 e. The fourth-order valence-electron chi connectivity index (χ4n) is 3.03. The molecule has 7 heteroatoms. The fraction of sp³-hybridized carbons (Fsp3) is 0.125. The molecule has 0 saturated heterocycles. The molecule has 0 bridgehead atoms. The van der Waals surface area contributed by atoms with Gasteiger partial charge < -0.3 is 25.3 Å². The zero-order valence-corrected chi connectivity index (χ0v) is 17.1. The van der Waals surface area contributed by atoms with Gasteiger partial charge in [0.25, 0.3) is 11.8 Å². The van der Waals surface area contributed by atoms with Crippen molar-refractivity contribution in [2.24, 2.45) is 0 Å². The van der Waals surface area contributed by atoms with Gasteiger partial charge in [-0.25, -0.2) is 0 Å². The van der Waals surface area contributed by atoms with Gasteiger partial charge in [-0.15, -0.1) is 0 Å². The Morgan fingerprint density at radius 2 is 1.48 bits per heavy atom. The van der Waals surface area contributed by atoms with Gasteiger partial charge in [0.1, 0.15) is 5.75 Å². The highest BCUT2D eigenvalue weighted by molar-refractivity contribution is 6.10. The molecule has 0 spiro atoms. The van der Waals surface area contributed by atoms with Crippen LogP contribution in [-0.2, 0) is 4.79 Å². The van der Waals surface area contributed by atoms with E-state index in [1.807, 2.05) is 32.0 Å². The minimum absolute atomic E-state index is 0.00884. The number of ether oxygens (including phenoxy) is 1. The predicted molar refractivity (Wildman–Crippen MR) is 115 cm³/mol. The Kier molecular flexibility index (Phi) is 6.67. The zero-order chi connectivity index (χ0) is 22.4. The van der Waals surface area contributed by atoms with Gasteiger partial charge in [-0.05, 0) is 54.8 Å². The SMILES string of the molecule is Cc1cccc(C)c1OCC(=O)Nc1ccccc1C(=O)Nc1ccc(C(=O)[O-])cc1. The normalized spacial score (nSPS) is 10.3. The maximum atomic E-state index is 12.7. The summed E-state index contributed by atoms with van der Waals surface area (Å²) in [5, 5.41) is 16.2. The summed E-state index contributed by atoms with van der Waals surface area (Å²) in [6, 6.07) is 17.9. The molecule has 0 radical (unpaired) electrons. The molecule has 0 fully saturated rings. The highest BCUT2D eigenvalue weighted by Gasteiger charge is 2.14. The number of hydrogen-bond donors (Lipinski definition) is 2. The van der Waals surface area contributed by atoms with Crippen LogP contribution in [0.4, 0.5) is 11.4 Å². The summed E-state index contributed by atoms with van der Waals surface area (Å²) in [7, 11) is 0. The molecule has 0 atom stereocenters. The molecule has 3 aromatic rings. The number of carboxylic acids is 1. The van der Waals surface area contributed by atoms with Crippen molar-refractivity contribution >= 4 is 29.2 Å². The molecule has 0 saturated carbocycles. The highest BCUT2D eigenvalue weighted by Crippen LogP contribution is 2.22. The van der Waals surface area contributed by atoms with Gasteiger partial charge in [0, 0.05) is 5.69 Å². The maximum Gasteiger partial charge on any atom is 0.262 e. The van der Waals surface area contributed by atoms with Crippen LogP contribution in [0.5, 0.6) is 5.75 Å². The zero-order valence-electron chi connectivity index (χ0n) is 17.1. The number of nitrogens with one attached hydrogen (secondary N) is 2. The van der Waals surface area contributed by atoms with Crippen molar-refractivity contribution in [2.75, 3.05) is 17.2 Å². The summed E-state index contributed by atoms with van der Waals surface area (Å²) < 4.78 is 5.66. The Hall–Kier alpha value is -4.13. The molecule has 0 aromatic heterocycles. The monoisotopic (exact) mass is 417 g/mol. The standard InChI is InChI=1S/C24H22N2O5/c1-15-6-5-7-16(2)22(15)31-14-21(27)26-20-9-4-3-8-19(20)23(28)25-18-12-10-17(11-13-18)24(29)30/h3-13H,14H2,1-2H3,(H,25,28)(H,26,27)(H,29,30)/p-1. The van der Waals surface area contributed by atoms with Crippen molar-refractivity contribution < 1.29 is 24.2 Å². The smallest absolute Gasteiger partial charge is 0.262 e. The molecule has 7 nitrogen and oxygen atoms in total. The van der Waals surface area contributed by atoms with E-state index in [-0.39, 0.29) is 17.7 Å². The second-order valence-electron chi connectivity index (χ2n) is 6.92. The molecule has 0 aliphatic carbocycles. The van der Waals surface area contributed by atoms with Crippen LogP contribution in [0.15, 0.2) is 66.7 Å². The summed E-state index contributed by atoms with van der Waals surface area (Å²) in [5.74, 6) is -1.49. The third kappa shape index (κ3) is 5.48. The van der Waals surface area contributed by atoms with Gasteiger partial charge in [-0.3, -0.25) is 9.59 Å². The van der Waals surface area contributed by atoms with Crippen LogP contribution in [0.2, 0.25) is 0 Å². The molecular weight excluding hydrogens is 396 g/mol. The number of aryl methyl sites for hydroxylation is 2. The minimum atomic E-state index is -1.30. The molecule has 2 N–H and O–H groups in total. The van der Waals surface area contributed by atoms with Gasteiger partial charge in [-0.1, -0.05) is 42.5 Å². The number of aromatic carboxylic acids is 1. The number of benzene rings is 3. The third-order valence-electron chi connectivity index (χ3n) is 4.58. The molecule has 158 valence electrons. The van der Waals surface area contributed by atoms with Crippen molar-refractivity contribution in [1.29, 1.82) is 0 Å². The van der Waals surface area contributed by atoms with E-state index in [0.717, 1.165) is 11.1 Å². The number of carbonyl (C=O) groups is 3. The second-order valence-corrected chi connectivity index (χ2v) is 6.92. The van der Waals surface area contributed by atoms with Crippen LogP contribution in [-0.4, -0.2) is 24.4 Å². The first kappa shape index (κ1) is 21.6. The van der Waals surface area contributed by atoms with E-state index >= 15 is 0 Å². The Morgan fingerprint density at radius 1 is 0.839 bits per heavy atom. The van der Waals surface area contributed by atoms with E-state index in [1.165, 1.54) is 24.3 Å².